The average molecular weight is 460 g/mol. The Morgan fingerprint density at radius 3 is 2.35 bits per heavy atom. The predicted octanol–water partition coefficient (Wildman–Crippen LogP) is 2.90. The van der Waals surface area contributed by atoms with Crippen LogP contribution in [0.3, 0.4) is 0 Å². The molecule has 0 aliphatic carbocycles. The first-order valence-electron chi connectivity index (χ1n) is 11.2. The van der Waals surface area contributed by atoms with Crippen molar-refractivity contribution in [1.82, 2.24) is 14.9 Å². The van der Waals surface area contributed by atoms with E-state index in [1.54, 1.807) is 18.2 Å². The molecule has 1 fully saturated rings. The molecule has 0 saturated carbocycles. The summed E-state index contributed by atoms with van der Waals surface area (Å²) in [4.78, 5) is 28.7. The van der Waals surface area contributed by atoms with Crippen molar-refractivity contribution in [1.29, 1.82) is 0 Å². The summed E-state index contributed by atoms with van der Waals surface area (Å²) in [5, 5.41) is 4.04. The number of nitrogens with one attached hydrogen (secondary N) is 1. The lowest BCUT2D eigenvalue weighted by Gasteiger charge is -2.36. The van der Waals surface area contributed by atoms with Gasteiger partial charge in [0.15, 0.2) is 0 Å². The van der Waals surface area contributed by atoms with Crippen LogP contribution >= 0.6 is 0 Å². The molecule has 0 atom stereocenters. The minimum absolute atomic E-state index is 0.451. The van der Waals surface area contributed by atoms with E-state index in [1.165, 1.54) is 0 Å². The number of para-hydroxylation sites is 3. The summed E-state index contributed by atoms with van der Waals surface area (Å²) in [5.74, 6) is -0.522. The number of ether oxygens (including phenoxy) is 1. The van der Waals surface area contributed by atoms with Gasteiger partial charge in [-0.15, -0.1) is 0 Å². The van der Waals surface area contributed by atoms with Crippen LogP contribution in [0.4, 0.5) is 5.69 Å². The highest BCUT2D eigenvalue weighted by molar-refractivity contribution is 6.35. The standard InChI is InChI=1S/C26H29N5O3/c1-19-17-21(20(2)31(19)22-9-5-4-6-10-22)18-27-28-25(32)26(33)30-15-13-29(14-16-30)23-11-7-8-12-24(23)34-3/h4-12,17-18H,13-16H2,1-3H3,(H,28,32)/b27-18-. The van der Waals surface area contributed by atoms with Crippen molar-refractivity contribution in [3.63, 3.8) is 0 Å². The SMILES string of the molecule is COc1ccccc1N1CCN(C(=O)C(=O)N/N=C\c2cc(C)n(-c3ccccc3)c2C)CC1. The largest absolute Gasteiger partial charge is 0.495 e. The average Bonchev–Trinajstić information content (AvgIpc) is 3.16. The molecule has 3 aromatic rings. The van der Waals surface area contributed by atoms with E-state index in [1.807, 2.05) is 74.5 Å². The number of aryl methyl sites for hydroxylation is 1. The van der Waals surface area contributed by atoms with Gasteiger partial charge in [-0.3, -0.25) is 9.59 Å². The monoisotopic (exact) mass is 459 g/mol. The quantitative estimate of drug-likeness (QED) is 0.362. The zero-order valence-electron chi connectivity index (χ0n) is 19.7. The molecule has 1 aliphatic heterocycles. The summed E-state index contributed by atoms with van der Waals surface area (Å²) in [6.07, 6.45) is 1.58. The van der Waals surface area contributed by atoms with Crippen molar-refractivity contribution in [2.24, 2.45) is 5.10 Å². The molecule has 8 nitrogen and oxygen atoms in total. The Morgan fingerprint density at radius 1 is 0.971 bits per heavy atom. The Morgan fingerprint density at radius 2 is 1.65 bits per heavy atom. The second kappa shape index (κ2) is 10.2. The molecular weight excluding hydrogens is 430 g/mol. The van der Waals surface area contributed by atoms with Gasteiger partial charge < -0.3 is 19.1 Å². The first-order chi connectivity index (χ1) is 16.5. The fourth-order valence-electron chi connectivity index (χ4n) is 4.29. The van der Waals surface area contributed by atoms with Gasteiger partial charge in [0.25, 0.3) is 0 Å². The molecule has 0 bridgehead atoms. The van der Waals surface area contributed by atoms with Gasteiger partial charge in [0, 0.05) is 48.8 Å². The number of benzene rings is 2. The van der Waals surface area contributed by atoms with Crippen molar-refractivity contribution in [3.8, 4) is 11.4 Å². The molecule has 0 radical (unpaired) electrons. The number of hydrogen-bond donors (Lipinski definition) is 1. The minimum Gasteiger partial charge on any atom is -0.495 e. The second-order valence-corrected chi connectivity index (χ2v) is 8.15. The molecule has 176 valence electrons. The zero-order chi connectivity index (χ0) is 24.1. The van der Waals surface area contributed by atoms with E-state index in [0.717, 1.165) is 34.1 Å². The van der Waals surface area contributed by atoms with E-state index in [-0.39, 0.29) is 0 Å². The number of carbonyl (C=O) groups is 2. The van der Waals surface area contributed by atoms with E-state index in [4.69, 9.17) is 4.74 Å². The third-order valence-electron chi connectivity index (χ3n) is 6.04. The fraction of sp³-hybridized carbons (Fsp3) is 0.269. The molecule has 34 heavy (non-hydrogen) atoms. The van der Waals surface area contributed by atoms with Crippen molar-refractivity contribution in [2.45, 2.75) is 13.8 Å². The topological polar surface area (TPSA) is 79.2 Å². The summed E-state index contributed by atoms with van der Waals surface area (Å²) < 4.78 is 7.55. The third-order valence-corrected chi connectivity index (χ3v) is 6.04. The Balaban J connectivity index is 1.34. The van der Waals surface area contributed by atoms with Crippen LogP contribution in [0.15, 0.2) is 65.8 Å². The van der Waals surface area contributed by atoms with E-state index in [9.17, 15) is 9.59 Å². The molecule has 8 heteroatoms. The Hall–Kier alpha value is -4.07. The summed E-state index contributed by atoms with van der Waals surface area (Å²) in [6, 6.07) is 19.8. The van der Waals surface area contributed by atoms with Crippen LogP contribution in [0.1, 0.15) is 17.0 Å². The summed E-state index contributed by atoms with van der Waals surface area (Å²) in [7, 11) is 1.64. The van der Waals surface area contributed by atoms with Gasteiger partial charge in [-0.1, -0.05) is 30.3 Å². The molecule has 1 saturated heterocycles. The smallest absolute Gasteiger partial charge is 0.329 e. The van der Waals surface area contributed by atoms with Crippen LogP contribution in [0.5, 0.6) is 5.75 Å². The maximum absolute atomic E-state index is 12.6. The Kier molecular flexibility index (Phi) is 6.96. The van der Waals surface area contributed by atoms with Crippen molar-refractivity contribution in [2.75, 3.05) is 38.2 Å². The van der Waals surface area contributed by atoms with Gasteiger partial charge in [0.1, 0.15) is 5.75 Å². The van der Waals surface area contributed by atoms with Crippen LogP contribution in [0.25, 0.3) is 5.69 Å². The Labute approximate surface area is 199 Å². The summed E-state index contributed by atoms with van der Waals surface area (Å²) in [5.41, 5.74) is 7.36. The van der Waals surface area contributed by atoms with Crippen molar-refractivity contribution in [3.05, 3.63) is 77.6 Å². The molecule has 2 aromatic carbocycles. The molecule has 1 N–H and O–H groups in total. The molecule has 1 aromatic heterocycles. The van der Waals surface area contributed by atoms with Crippen LogP contribution in [-0.4, -0.2) is 60.8 Å². The molecule has 4 rings (SSSR count). The maximum atomic E-state index is 12.6. The highest BCUT2D eigenvalue weighted by atomic mass is 16.5. The number of rotatable bonds is 5. The van der Waals surface area contributed by atoms with Gasteiger partial charge in [-0.05, 0) is 44.2 Å². The predicted molar refractivity (Wildman–Crippen MR) is 133 cm³/mol. The summed E-state index contributed by atoms with van der Waals surface area (Å²) >= 11 is 0. The lowest BCUT2D eigenvalue weighted by molar-refractivity contribution is -0.146. The first kappa shape index (κ1) is 23.1. The van der Waals surface area contributed by atoms with Crippen LogP contribution in [0, 0.1) is 13.8 Å². The highest BCUT2D eigenvalue weighted by Crippen LogP contribution is 2.28. The lowest BCUT2D eigenvalue weighted by atomic mass is 10.2. The van der Waals surface area contributed by atoms with Gasteiger partial charge >= 0.3 is 11.8 Å². The molecule has 1 aliphatic rings. The fourth-order valence-corrected chi connectivity index (χ4v) is 4.29. The Bertz CT molecular complexity index is 1190. The molecular formula is C26H29N5O3. The number of piperazine rings is 1. The summed E-state index contributed by atoms with van der Waals surface area (Å²) in [6.45, 7) is 6.15. The number of carbonyl (C=O) groups excluding carboxylic acids is 2. The van der Waals surface area contributed by atoms with E-state index >= 15 is 0 Å². The number of amides is 2. The van der Waals surface area contributed by atoms with E-state index in [0.29, 0.717) is 26.2 Å². The van der Waals surface area contributed by atoms with E-state index < -0.39 is 11.8 Å². The zero-order valence-corrected chi connectivity index (χ0v) is 19.7. The number of hydrogen-bond acceptors (Lipinski definition) is 5. The van der Waals surface area contributed by atoms with E-state index in [2.05, 4.69) is 20.0 Å². The van der Waals surface area contributed by atoms with Gasteiger partial charge in [0.05, 0.1) is 19.0 Å². The van der Waals surface area contributed by atoms with Crippen LogP contribution in [0.2, 0.25) is 0 Å². The number of nitrogens with zero attached hydrogens (tertiary/aromatic N) is 4. The first-order valence-corrected chi connectivity index (χ1v) is 11.2. The van der Waals surface area contributed by atoms with Gasteiger partial charge in [-0.25, -0.2) is 5.43 Å². The number of methoxy groups -OCH3 is 1. The van der Waals surface area contributed by atoms with Crippen LogP contribution in [-0.2, 0) is 9.59 Å². The third kappa shape index (κ3) is 4.80. The normalized spacial score (nSPS) is 13.9. The number of anilines is 1. The number of aromatic nitrogens is 1. The van der Waals surface area contributed by atoms with Crippen LogP contribution < -0.4 is 15.1 Å². The molecule has 0 unspecified atom stereocenters. The lowest BCUT2D eigenvalue weighted by Crippen LogP contribution is -2.52. The van der Waals surface area contributed by atoms with Gasteiger partial charge in [-0.2, -0.15) is 5.10 Å². The molecule has 2 heterocycles. The molecule has 2 amide bonds. The number of hydrazone groups is 1. The van der Waals surface area contributed by atoms with Crippen molar-refractivity contribution >= 4 is 23.7 Å². The highest BCUT2D eigenvalue weighted by Gasteiger charge is 2.27. The second-order valence-electron chi connectivity index (χ2n) is 8.15. The minimum atomic E-state index is -0.737. The molecule has 0 spiro atoms. The van der Waals surface area contributed by atoms with Gasteiger partial charge in [0.2, 0.25) is 0 Å². The maximum Gasteiger partial charge on any atom is 0.329 e. The van der Waals surface area contributed by atoms with Crippen molar-refractivity contribution < 1.29 is 14.3 Å².